The van der Waals surface area contributed by atoms with Crippen molar-refractivity contribution in [3.63, 3.8) is 0 Å². The summed E-state index contributed by atoms with van der Waals surface area (Å²) in [6, 6.07) is 3.04. The van der Waals surface area contributed by atoms with E-state index in [0.717, 1.165) is 0 Å². The standard InChI is InChI=1S/C11H14FNO4S/c1-7-3-9(4-8(2)11(7)12)5-13-18(16,17)6-10(14)15/h3-4,13H,5-6H2,1-2H3,(H,14,15). The van der Waals surface area contributed by atoms with Crippen molar-refractivity contribution in [3.8, 4) is 0 Å². The molecule has 0 radical (unpaired) electrons. The predicted molar refractivity (Wildman–Crippen MR) is 64.1 cm³/mol. The third-order valence-corrected chi connectivity index (χ3v) is 3.52. The van der Waals surface area contributed by atoms with E-state index in [4.69, 9.17) is 5.11 Å². The van der Waals surface area contributed by atoms with Gasteiger partial charge in [-0.1, -0.05) is 12.1 Å². The zero-order valence-electron chi connectivity index (χ0n) is 10.0. The van der Waals surface area contributed by atoms with Gasteiger partial charge in [-0.3, -0.25) is 4.79 Å². The number of nitrogens with one attached hydrogen (secondary N) is 1. The first-order valence-electron chi connectivity index (χ1n) is 5.16. The van der Waals surface area contributed by atoms with Crippen molar-refractivity contribution < 1.29 is 22.7 Å². The van der Waals surface area contributed by atoms with Gasteiger partial charge in [-0.25, -0.2) is 17.5 Å². The molecule has 0 aliphatic heterocycles. The van der Waals surface area contributed by atoms with Crippen LogP contribution in [-0.4, -0.2) is 25.2 Å². The monoisotopic (exact) mass is 275 g/mol. The topological polar surface area (TPSA) is 83.5 Å². The summed E-state index contributed by atoms with van der Waals surface area (Å²) in [7, 11) is -3.86. The lowest BCUT2D eigenvalue weighted by atomic mass is 10.1. The van der Waals surface area contributed by atoms with Crippen LogP contribution in [0.2, 0.25) is 0 Å². The van der Waals surface area contributed by atoms with Gasteiger partial charge in [0.25, 0.3) is 0 Å². The van der Waals surface area contributed by atoms with Gasteiger partial charge in [0.1, 0.15) is 5.82 Å². The Labute approximate surface area is 105 Å². The molecular formula is C11H14FNO4S. The minimum Gasteiger partial charge on any atom is -0.480 e. The summed E-state index contributed by atoms with van der Waals surface area (Å²) in [6.45, 7) is 3.10. The summed E-state index contributed by atoms with van der Waals surface area (Å²) in [5.41, 5.74) is 1.42. The van der Waals surface area contributed by atoms with E-state index in [2.05, 4.69) is 4.72 Å². The normalized spacial score (nSPS) is 11.5. The third kappa shape index (κ3) is 4.08. The van der Waals surface area contributed by atoms with Crippen LogP contribution in [0.4, 0.5) is 4.39 Å². The van der Waals surface area contributed by atoms with Crippen molar-refractivity contribution >= 4 is 16.0 Å². The molecule has 100 valence electrons. The third-order valence-electron chi connectivity index (χ3n) is 2.31. The average Bonchev–Trinajstić information content (AvgIpc) is 2.21. The maximum absolute atomic E-state index is 13.3. The number of sulfonamides is 1. The van der Waals surface area contributed by atoms with Crippen LogP contribution in [0.1, 0.15) is 16.7 Å². The second-order valence-corrected chi connectivity index (χ2v) is 5.82. The molecule has 5 nitrogen and oxygen atoms in total. The van der Waals surface area contributed by atoms with Crippen LogP contribution >= 0.6 is 0 Å². The fourth-order valence-corrected chi connectivity index (χ4v) is 2.36. The van der Waals surface area contributed by atoms with E-state index in [1.165, 1.54) is 12.1 Å². The Morgan fingerprint density at radius 2 is 1.83 bits per heavy atom. The van der Waals surface area contributed by atoms with Crippen LogP contribution in [0.5, 0.6) is 0 Å². The molecule has 1 rings (SSSR count). The van der Waals surface area contributed by atoms with Gasteiger partial charge < -0.3 is 5.11 Å². The van der Waals surface area contributed by atoms with E-state index in [1.54, 1.807) is 13.8 Å². The van der Waals surface area contributed by atoms with Crippen LogP contribution in [-0.2, 0) is 21.4 Å². The van der Waals surface area contributed by atoms with Gasteiger partial charge >= 0.3 is 5.97 Å². The Balaban J connectivity index is 2.79. The quantitative estimate of drug-likeness (QED) is 0.838. The van der Waals surface area contributed by atoms with E-state index in [0.29, 0.717) is 16.7 Å². The molecule has 0 aliphatic carbocycles. The van der Waals surface area contributed by atoms with E-state index < -0.39 is 21.7 Å². The molecule has 1 aromatic rings. The molecule has 0 unspecified atom stereocenters. The summed E-state index contributed by atoms with van der Waals surface area (Å²) in [4.78, 5) is 10.3. The lowest BCUT2D eigenvalue weighted by Gasteiger charge is -2.08. The predicted octanol–water partition coefficient (Wildman–Crippen LogP) is 0.947. The van der Waals surface area contributed by atoms with Gasteiger partial charge in [0.05, 0.1) is 0 Å². The Bertz CT molecular complexity index is 545. The highest BCUT2D eigenvalue weighted by atomic mass is 32.2. The number of carboxylic acid groups (broad SMARTS) is 1. The van der Waals surface area contributed by atoms with Crippen molar-refractivity contribution in [1.29, 1.82) is 0 Å². The molecule has 1 aromatic carbocycles. The molecule has 0 spiro atoms. The van der Waals surface area contributed by atoms with Crippen LogP contribution in [0.15, 0.2) is 12.1 Å². The summed E-state index contributed by atoms with van der Waals surface area (Å²) in [5.74, 6) is -2.73. The number of halogens is 1. The smallest absolute Gasteiger partial charge is 0.320 e. The molecule has 0 aliphatic rings. The van der Waals surface area contributed by atoms with E-state index in [-0.39, 0.29) is 12.4 Å². The number of aryl methyl sites for hydroxylation is 2. The van der Waals surface area contributed by atoms with Gasteiger partial charge in [0.2, 0.25) is 10.0 Å². The fraction of sp³-hybridized carbons (Fsp3) is 0.364. The maximum atomic E-state index is 13.3. The lowest BCUT2D eigenvalue weighted by Crippen LogP contribution is -2.29. The Morgan fingerprint density at radius 1 is 1.33 bits per heavy atom. The molecule has 0 saturated heterocycles. The first-order valence-corrected chi connectivity index (χ1v) is 6.81. The van der Waals surface area contributed by atoms with Gasteiger partial charge in [-0.2, -0.15) is 0 Å². The second kappa shape index (κ2) is 5.45. The van der Waals surface area contributed by atoms with Gasteiger partial charge in [-0.15, -0.1) is 0 Å². The molecule has 2 N–H and O–H groups in total. The SMILES string of the molecule is Cc1cc(CNS(=O)(=O)CC(=O)O)cc(C)c1F. The zero-order valence-corrected chi connectivity index (χ0v) is 10.8. The number of rotatable bonds is 5. The molecule has 0 atom stereocenters. The van der Waals surface area contributed by atoms with Gasteiger partial charge in [0.15, 0.2) is 5.75 Å². The average molecular weight is 275 g/mol. The zero-order chi connectivity index (χ0) is 13.9. The molecule has 0 bridgehead atoms. The van der Waals surface area contributed by atoms with Crippen LogP contribution < -0.4 is 4.72 Å². The minimum atomic E-state index is -3.86. The van der Waals surface area contributed by atoms with Crippen molar-refractivity contribution in [2.75, 3.05) is 5.75 Å². The largest absolute Gasteiger partial charge is 0.480 e. The highest BCUT2D eigenvalue weighted by molar-refractivity contribution is 7.90. The lowest BCUT2D eigenvalue weighted by molar-refractivity contribution is -0.134. The van der Waals surface area contributed by atoms with Gasteiger partial charge in [-0.05, 0) is 30.5 Å². The summed E-state index contributed by atoms with van der Waals surface area (Å²) < 4.78 is 38.1. The summed E-state index contributed by atoms with van der Waals surface area (Å²) >= 11 is 0. The van der Waals surface area contributed by atoms with Crippen LogP contribution in [0.3, 0.4) is 0 Å². The molecule has 0 fully saturated rings. The van der Waals surface area contributed by atoms with E-state index in [1.807, 2.05) is 0 Å². The maximum Gasteiger partial charge on any atom is 0.320 e. The Hall–Kier alpha value is -1.47. The number of hydrogen-bond donors (Lipinski definition) is 2. The van der Waals surface area contributed by atoms with E-state index in [9.17, 15) is 17.6 Å². The number of aliphatic carboxylic acids is 1. The molecule has 0 saturated carbocycles. The van der Waals surface area contributed by atoms with Crippen molar-refractivity contribution in [3.05, 3.63) is 34.6 Å². The van der Waals surface area contributed by atoms with Crippen molar-refractivity contribution in [1.82, 2.24) is 4.72 Å². The number of benzene rings is 1. The number of hydrogen-bond acceptors (Lipinski definition) is 3. The van der Waals surface area contributed by atoms with Crippen molar-refractivity contribution in [2.45, 2.75) is 20.4 Å². The molecule has 0 aromatic heterocycles. The Kier molecular flexibility index (Phi) is 4.42. The summed E-state index contributed by atoms with van der Waals surface area (Å²) in [6.07, 6.45) is 0. The minimum absolute atomic E-state index is 0.0580. The first kappa shape index (κ1) is 14.6. The first-order chi connectivity index (χ1) is 8.21. The van der Waals surface area contributed by atoms with Crippen LogP contribution in [0, 0.1) is 19.7 Å². The molecule has 0 amide bonds. The van der Waals surface area contributed by atoms with Crippen molar-refractivity contribution in [2.24, 2.45) is 0 Å². The molecule has 18 heavy (non-hydrogen) atoms. The Morgan fingerprint density at radius 3 is 2.28 bits per heavy atom. The fourth-order valence-electron chi connectivity index (χ4n) is 1.54. The molecular weight excluding hydrogens is 261 g/mol. The van der Waals surface area contributed by atoms with E-state index >= 15 is 0 Å². The highest BCUT2D eigenvalue weighted by Crippen LogP contribution is 2.14. The molecule has 0 heterocycles. The van der Waals surface area contributed by atoms with Crippen LogP contribution in [0.25, 0.3) is 0 Å². The number of carboxylic acids is 1. The molecule has 7 heteroatoms. The second-order valence-electron chi connectivity index (χ2n) is 4.02. The highest BCUT2D eigenvalue weighted by Gasteiger charge is 2.15. The van der Waals surface area contributed by atoms with Gasteiger partial charge in [0, 0.05) is 6.54 Å². The number of carbonyl (C=O) groups is 1. The summed E-state index contributed by atoms with van der Waals surface area (Å²) in [5, 5.41) is 8.40.